The topological polar surface area (TPSA) is 97.1 Å². The molecule has 0 saturated carbocycles. The van der Waals surface area contributed by atoms with Gasteiger partial charge in [0.2, 0.25) is 5.62 Å². The molecule has 0 bridgehead atoms. The highest BCUT2D eigenvalue weighted by atomic mass is 19.4. The first-order valence-corrected chi connectivity index (χ1v) is 10.4. The van der Waals surface area contributed by atoms with Crippen LogP contribution in [0.1, 0.15) is 15.9 Å². The Balaban J connectivity index is 1.44. The van der Waals surface area contributed by atoms with Gasteiger partial charge in [-0.2, -0.15) is 18.2 Å². The van der Waals surface area contributed by atoms with Gasteiger partial charge in [-0.3, -0.25) is 9.79 Å². The van der Waals surface area contributed by atoms with E-state index in [1.54, 1.807) is 37.5 Å². The molecule has 0 fully saturated rings. The normalized spacial score (nSPS) is 13.6. The number of benzene rings is 1. The van der Waals surface area contributed by atoms with E-state index in [4.69, 9.17) is 0 Å². The summed E-state index contributed by atoms with van der Waals surface area (Å²) >= 11 is 0. The van der Waals surface area contributed by atoms with Gasteiger partial charge in [0.1, 0.15) is 17.5 Å². The van der Waals surface area contributed by atoms with Crippen molar-refractivity contribution in [1.82, 2.24) is 19.5 Å². The predicted molar refractivity (Wildman–Crippen MR) is 119 cm³/mol. The average Bonchev–Trinajstić information content (AvgIpc) is 3.33. The van der Waals surface area contributed by atoms with Crippen molar-refractivity contribution in [1.29, 1.82) is 0 Å². The van der Waals surface area contributed by atoms with Crippen molar-refractivity contribution in [2.24, 2.45) is 4.99 Å². The number of halogens is 3. The van der Waals surface area contributed by atoms with E-state index in [0.717, 1.165) is 59.8 Å². The zero-order valence-corrected chi connectivity index (χ0v) is 17.9. The summed E-state index contributed by atoms with van der Waals surface area (Å²) in [6.45, 7) is 1.49. The van der Waals surface area contributed by atoms with E-state index in [2.05, 4.69) is 35.1 Å². The number of alkyl halides is 3. The Morgan fingerprint density at radius 2 is 1.91 bits per heavy atom. The van der Waals surface area contributed by atoms with Crippen molar-refractivity contribution >= 4 is 17.5 Å². The van der Waals surface area contributed by atoms with Crippen LogP contribution in [0.4, 0.5) is 24.8 Å². The van der Waals surface area contributed by atoms with E-state index < -0.39 is 17.6 Å². The smallest absolute Gasteiger partial charge is 0.369 e. The van der Waals surface area contributed by atoms with Gasteiger partial charge in [0.25, 0.3) is 5.91 Å². The van der Waals surface area contributed by atoms with Gasteiger partial charge in [-0.25, -0.2) is 9.97 Å². The molecule has 0 unspecified atom stereocenters. The SMILES string of the molecule is CN=c1ncc2cc(-c3ccc(C(=O)Nc4cc(C(F)(F)F)ccn4)cc3)c3n(c-2n1)CCN3. The maximum atomic E-state index is 12.9. The molecule has 0 aliphatic carbocycles. The van der Waals surface area contributed by atoms with Crippen LogP contribution >= 0.6 is 0 Å². The molecule has 3 aliphatic rings. The van der Waals surface area contributed by atoms with Crippen LogP contribution in [0.15, 0.2) is 59.9 Å². The van der Waals surface area contributed by atoms with Crippen LogP contribution in [0.3, 0.4) is 0 Å². The van der Waals surface area contributed by atoms with Gasteiger partial charge >= 0.3 is 6.18 Å². The maximum Gasteiger partial charge on any atom is 0.416 e. The fourth-order valence-electron chi connectivity index (χ4n) is 3.85. The quantitative estimate of drug-likeness (QED) is 0.481. The van der Waals surface area contributed by atoms with Crippen LogP contribution in [-0.4, -0.2) is 39.0 Å². The summed E-state index contributed by atoms with van der Waals surface area (Å²) in [5, 5.41) is 5.79. The van der Waals surface area contributed by atoms with Crippen LogP contribution in [0.25, 0.3) is 22.5 Å². The lowest BCUT2D eigenvalue weighted by Crippen LogP contribution is -2.17. The molecule has 4 heterocycles. The number of carbonyl (C=O) groups is 1. The Kier molecular flexibility index (Phi) is 5.23. The zero-order chi connectivity index (χ0) is 23.9. The van der Waals surface area contributed by atoms with E-state index in [1.807, 2.05) is 6.07 Å². The largest absolute Gasteiger partial charge is 0.416 e. The highest BCUT2D eigenvalue weighted by Gasteiger charge is 2.31. The van der Waals surface area contributed by atoms with Gasteiger partial charge in [-0.1, -0.05) is 12.1 Å². The van der Waals surface area contributed by atoms with Crippen LogP contribution in [0.5, 0.6) is 0 Å². The molecule has 11 heteroatoms. The number of fused-ring (bicyclic) bond motifs is 3. The number of nitrogens with one attached hydrogen (secondary N) is 2. The zero-order valence-electron chi connectivity index (χ0n) is 17.9. The van der Waals surface area contributed by atoms with E-state index in [1.165, 1.54) is 0 Å². The third kappa shape index (κ3) is 3.96. The third-order valence-electron chi connectivity index (χ3n) is 5.48. The number of amides is 1. The number of nitrogens with zero attached hydrogens (tertiary/aromatic N) is 5. The van der Waals surface area contributed by atoms with E-state index in [9.17, 15) is 18.0 Å². The lowest BCUT2D eigenvalue weighted by Gasteiger charge is -2.17. The van der Waals surface area contributed by atoms with E-state index in [0.29, 0.717) is 11.2 Å². The van der Waals surface area contributed by atoms with Crippen molar-refractivity contribution in [3.8, 4) is 22.5 Å². The summed E-state index contributed by atoms with van der Waals surface area (Å²) in [7, 11) is 1.64. The standard InChI is InChI=1S/C23H18F3N7O/c1-27-22-30-12-15-10-17(20-29-8-9-33(20)19(15)32-22)13-2-4-14(5-3-13)21(34)31-18-11-16(6-7-28-18)23(24,25)26/h2-7,10-12,29H,8-9H2,1H3,(H,28,31,34). The predicted octanol–water partition coefficient (Wildman–Crippen LogP) is 3.67. The highest BCUT2D eigenvalue weighted by molar-refractivity contribution is 6.04. The molecule has 0 spiro atoms. The van der Waals surface area contributed by atoms with Gasteiger partial charge in [-0.15, -0.1) is 0 Å². The van der Waals surface area contributed by atoms with E-state index in [-0.39, 0.29) is 5.82 Å². The van der Waals surface area contributed by atoms with Crippen LogP contribution < -0.4 is 16.3 Å². The summed E-state index contributed by atoms with van der Waals surface area (Å²) in [6.07, 6.45) is -1.79. The number of anilines is 2. The molecule has 2 aromatic rings. The Hall–Kier alpha value is -4.28. The first-order valence-electron chi connectivity index (χ1n) is 10.4. The number of pyridine rings is 2. The van der Waals surface area contributed by atoms with Crippen molar-refractivity contribution < 1.29 is 18.0 Å². The number of carbonyl (C=O) groups excluding carboxylic acids is 1. The second-order valence-electron chi connectivity index (χ2n) is 7.62. The summed E-state index contributed by atoms with van der Waals surface area (Å²) in [5.41, 5.74) is 2.45. The van der Waals surface area contributed by atoms with Crippen molar-refractivity contribution in [3.05, 3.63) is 71.6 Å². The van der Waals surface area contributed by atoms with Gasteiger partial charge in [-0.05, 0) is 35.9 Å². The van der Waals surface area contributed by atoms with Gasteiger partial charge in [0, 0.05) is 49.2 Å². The minimum absolute atomic E-state index is 0.171. The van der Waals surface area contributed by atoms with Gasteiger partial charge in [0.05, 0.1) is 5.56 Å². The Morgan fingerprint density at radius 1 is 1.12 bits per heavy atom. The monoisotopic (exact) mass is 465 g/mol. The number of hydrogen-bond acceptors (Lipinski definition) is 6. The van der Waals surface area contributed by atoms with E-state index >= 15 is 0 Å². The molecule has 1 aromatic heterocycles. The lowest BCUT2D eigenvalue weighted by molar-refractivity contribution is -0.137. The molecule has 0 saturated heterocycles. The summed E-state index contributed by atoms with van der Waals surface area (Å²) in [5.74, 6) is 0.955. The van der Waals surface area contributed by atoms with Crippen LogP contribution in [0, 0.1) is 0 Å². The number of rotatable bonds is 3. The van der Waals surface area contributed by atoms with Crippen LogP contribution in [-0.2, 0) is 12.7 Å². The fraction of sp³-hybridized carbons (Fsp3) is 0.174. The molecule has 8 nitrogen and oxygen atoms in total. The molecule has 2 N–H and O–H groups in total. The van der Waals surface area contributed by atoms with Crippen LogP contribution in [0.2, 0.25) is 0 Å². The Bertz CT molecular complexity index is 1430. The third-order valence-corrected chi connectivity index (χ3v) is 5.48. The minimum Gasteiger partial charge on any atom is -0.369 e. The molecule has 1 amide bonds. The fourth-order valence-corrected chi connectivity index (χ4v) is 3.85. The first kappa shape index (κ1) is 21.6. The molecule has 34 heavy (non-hydrogen) atoms. The number of aromatic nitrogens is 4. The van der Waals surface area contributed by atoms with Gasteiger partial charge in [0.15, 0.2) is 0 Å². The molecule has 0 radical (unpaired) electrons. The summed E-state index contributed by atoms with van der Waals surface area (Å²) in [4.78, 5) is 29.2. The van der Waals surface area contributed by atoms with Crippen molar-refractivity contribution in [2.75, 3.05) is 24.2 Å². The average molecular weight is 465 g/mol. The van der Waals surface area contributed by atoms with Crippen molar-refractivity contribution in [2.45, 2.75) is 12.7 Å². The lowest BCUT2D eigenvalue weighted by atomic mass is 10.0. The second kappa shape index (κ2) is 8.25. The van der Waals surface area contributed by atoms with Gasteiger partial charge < -0.3 is 15.2 Å². The Labute approximate surface area is 191 Å². The molecule has 3 aliphatic heterocycles. The first-order chi connectivity index (χ1) is 16.3. The Morgan fingerprint density at radius 3 is 2.65 bits per heavy atom. The summed E-state index contributed by atoms with van der Waals surface area (Å²) < 4.78 is 40.8. The molecule has 172 valence electrons. The minimum atomic E-state index is -4.52. The number of hydrogen-bond donors (Lipinski definition) is 2. The van der Waals surface area contributed by atoms with Crippen molar-refractivity contribution in [3.63, 3.8) is 0 Å². The second-order valence-corrected chi connectivity index (χ2v) is 7.62. The molecule has 0 atom stereocenters. The maximum absolute atomic E-state index is 12.9. The highest BCUT2D eigenvalue weighted by Crippen LogP contribution is 2.36. The summed E-state index contributed by atoms with van der Waals surface area (Å²) in [6, 6.07) is 10.4. The molecular formula is C23H18F3N7O. The molecular weight excluding hydrogens is 447 g/mol. The molecule has 1 aromatic carbocycles. The molecule has 5 rings (SSSR count).